The third-order valence-corrected chi connectivity index (χ3v) is 4.68. The van der Waals surface area contributed by atoms with Crippen LogP contribution < -0.4 is 10.6 Å². The van der Waals surface area contributed by atoms with Crippen molar-refractivity contribution in [2.24, 2.45) is 0 Å². The van der Waals surface area contributed by atoms with E-state index >= 15 is 0 Å². The lowest BCUT2D eigenvalue weighted by atomic mass is 9.96. The Morgan fingerprint density at radius 2 is 1.87 bits per heavy atom. The predicted octanol–water partition coefficient (Wildman–Crippen LogP) is 1.11. The van der Waals surface area contributed by atoms with Crippen molar-refractivity contribution < 1.29 is 37.8 Å². The molecule has 1 fully saturated rings. The maximum absolute atomic E-state index is 13.2. The van der Waals surface area contributed by atoms with Gasteiger partial charge in [0.1, 0.15) is 5.69 Å². The first-order valence-electron chi connectivity index (χ1n) is 9.29. The molecule has 9 nitrogen and oxygen atoms in total. The van der Waals surface area contributed by atoms with Crippen LogP contribution in [0.2, 0.25) is 0 Å². The number of carboxylic acids is 1. The van der Waals surface area contributed by atoms with Gasteiger partial charge in [0, 0.05) is 12.1 Å². The third kappa shape index (κ3) is 5.60. The minimum atomic E-state index is -4.70. The van der Waals surface area contributed by atoms with Gasteiger partial charge in [-0.15, -0.1) is 0 Å². The molecule has 1 heterocycles. The number of aliphatic hydroxyl groups excluding tert-OH is 1. The molecule has 1 aliphatic rings. The lowest BCUT2D eigenvalue weighted by molar-refractivity contribution is -0.148. The van der Waals surface area contributed by atoms with Crippen molar-refractivity contribution in [3.05, 3.63) is 52.8 Å². The van der Waals surface area contributed by atoms with E-state index in [0.29, 0.717) is 0 Å². The zero-order valence-corrected chi connectivity index (χ0v) is 15.9. The molecule has 2 atom stereocenters. The SMILES string of the molecule is O=C(N[C@H](Cc1ccccc1C(F)(F)F)[C@@H](O)C(=O)O)c1cc(C(=O)NC2CC2)[nH]n1. The van der Waals surface area contributed by atoms with Crippen LogP contribution >= 0.6 is 0 Å². The fourth-order valence-electron chi connectivity index (χ4n) is 2.91. The van der Waals surface area contributed by atoms with Crippen molar-refractivity contribution in [1.82, 2.24) is 20.8 Å². The Morgan fingerprint density at radius 1 is 1.19 bits per heavy atom. The van der Waals surface area contributed by atoms with Gasteiger partial charge >= 0.3 is 12.1 Å². The van der Waals surface area contributed by atoms with Crippen LogP contribution in [0, 0.1) is 0 Å². The van der Waals surface area contributed by atoms with E-state index in [-0.39, 0.29) is 23.0 Å². The summed E-state index contributed by atoms with van der Waals surface area (Å²) in [6.07, 6.45) is -5.79. The van der Waals surface area contributed by atoms with Crippen molar-refractivity contribution in [3.63, 3.8) is 0 Å². The Hall–Kier alpha value is -3.41. The molecular formula is C19H19F3N4O5. The van der Waals surface area contributed by atoms with E-state index in [2.05, 4.69) is 20.8 Å². The second kappa shape index (κ2) is 8.76. The van der Waals surface area contributed by atoms with Crippen molar-refractivity contribution in [2.75, 3.05) is 0 Å². The van der Waals surface area contributed by atoms with Crippen LogP contribution in [0.15, 0.2) is 30.3 Å². The minimum Gasteiger partial charge on any atom is -0.479 e. The van der Waals surface area contributed by atoms with Crippen molar-refractivity contribution in [1.29, 1.82) is 0 Å². The number of nitrogens with zero attached hydrogens (tertiary/aromatic N) is 1. The summed E-state index contributed by atoms with van der Waals surface area (Å²) in [5, 5.41) is 30.0. The number of amides is 2. The van der Waals surface area contributed by atoms with Gasteiger partial charge in [-0.1, -0.05) is 18.2 Å². The van der Waals surface area contributed by atoms with Gasteiger partial charge in [0.25, 0.3) is 11.8 Å². The number of aromatic nitrogens is 2. The molecule has 12 heteroatoms. The molecule has 1 aromatic heterocycles. The summed E-state index contributed by atoms with van der Waals surface area (Å²) < 4.78 is 39.7. The van der Waals surface area contributed by atoms with Crippen LogP contribution in [-0.2, 0) is 17.4 Å². The highest BCUT2D eigenvalue weighted by Gasteiger charge is 2.36. The van der Waals surface area contributed by atoms with Gasteiger partial charge in [-0.25, -0.2) is 4.79 Å². The number of hydrogen-bond acceptors (Lipinski definition) is 5. The van der Waals surface area contributed by atoms with Gasteiger partial charge in [0.15, 0.2) is 11.8 Å². The van der Waals surface area contributed by atoms with Crippen molar-refractivity contribution >= 4 is 17.8 Å². The maximum Gasteiger partial charge on any atom is 0.416 e. The van der Waals surface area contributed by atoms with E-state index in [4.69, 9.17) is 5.11 Å². The van der Waals surface area contributed by atoms with Gasteiger partial charge < -0.3 is 20.8 Å². The summed E-state index contributed by atoms with van der Waals surface area (Å²) in [7, 11) is 0. The van der Waals surface area contributed by atoms with E-state index in [0.717, 1.165) is 31.0 Å². The largest absolute Gasteiger partial charge is 0.479 e. The molecule has 0 saturated heterocycles. The normalized spacial score (nSPS) is 15.7. The van der Waals surface area contributed by atoms with E-state index in [1.54, 1.807) is 0 Å². The van der Waals surface area contributed by atoms with E-state index in [1.807, 2.05) is 0 Å². The maximum atomic E-state index is 13.2. The molecule has 3 rings (SSSR count). The number of aliphatic carboxylic acids is 1. The highest BCUT2D eigenvalue weighted by molar-refractivity contribution is 5.98. The lowest BCUT2D eigenvalue weighted by Gasteiger charge is -2.23. The molecule has 0 spiro atoms. The number of aliphatic hydroxyl groups is 1. The Labute approximate surface area is 173 Å². The quantitative estimate of drug-likeness (QED) is 0.416. The van der Waals surface area contributed by atoms with Crippen LogP contribution in [0.25, 0.3) is 0 Å². The number of hydrogen-bond donors (Lipinski definition) is 5. The fraction of sp³-hybridized carbons (Fsp3) is 0.368. The highest BCUT2D eigenvalue weighted by atomic mass is 19.4. The van der Waals surface area contributed by atoms with Gasteiger partial charge in [-0.05, 0) is 30.9 Å². The lowest BCUT2D eigenvalue weighted by Crippen LogP contribution is -2.48. The summed E-state index contributed by atoms with van der Waals surface area (Å²) in [4.78, 5) is 35.7. The molecule has 5 N–H and O–H groups in total. The van der Waals surface area contributed by atoms with E-state index in [1.165, 1.54) is 12.1 Å². The number of benzene rings is 1. The zero-order valence-electron chi connectivity index (χ0n) is 15.9. The Bertz CT molecular complexity index is 987. The summed E-state index contributed by atoms with van der Waals surface area (Å²) in [5.41, 5.74) is -1.60. The Morgan fingerprint density at radius 3 is 2.48 bits per heavy atom. The first kappa shape index (κ1) is 22.3. The standard InChI is InChI=1S/C19H19F3N4O5/c20-19(21,22)11-4-2-1-3-9(11)7-12(15(27)18(30)31)24-17(29)14-8-13(25-26-14)16(28)23-10-5-6-10/h1-4,8,10,12,15,27H,5-7H2,(H,23,28)(H,24,29)(H,25,26)(H,30,31)/t12-,15-/m1/s1. The molecule has 0 radical (unpaired) electrons. The van der Waals surface area contributed by atoms with Crippen LogP contribution in [-0.4, -0.2) is 56.4 Å². The number of nitrogens with one attached hydrogen (secondary N) is 3. The molecular weight excluding hydrogens is 421 g/mol. The number of alkyl halides is 3. The molecule has 0 unspecified atom stereocenters. The second-order valence-electron chi connectivity index (χ2n) is 7.14. The average Bonchev–Trinajstić information content (AvgIpc) is 3.37. The molecule has 0 bridgehead atoms. The number of halogens is 3. The number of H-pyrrole nitrogens is 1. The van der Waals surface area contributed by atoms with Crippen LogP contribution in [0.1, 0.15) is 44.9 Å². The second-order valence-corrected chi connectivity index (χ2v) is 7.14. The average molecular weight is 440 g/mol. The first-order valence-corrected chi connectivity index (χ1v) is 9.29. The zero-order chi connectivity index (χ0) is 22.8. The molecule has 1 saturated carbocycles. The number of aromatic amines is 1. The summed E-state index contributed by atoms with van der Waals surface area (Å²) >= 11 is 0. The molecule has 31 heavy (non-hydrogen) atoms. The van der Waals surface area contributed by atoms with Crippen LogP contribution in [0.5, 0.6) is 0 Å². The third-order valence-electron chi connectivity index (χ3n) is 4.68. The molecule has 2 aromatic rings. The molecule has 1 aliphatic carbocycles. The minimum absolute atomic E-state index is 0.00481. The molecule has 2 amide bonds. The predicted molar refractivity (Wildman–Crippen MR) is 99.1 cm³/mol. The molecule has 166 valence electrons. The number of carboxylic acid groups (broad SMARTS) is 1. The van der Waals surface area contributed by atoms with Gasteiger partial charge in [0.05, 0.1) is 11.6 Å². The van der Waals surface area contributed by atoms with Gasteiger partial charge in [0.2, 0.25) is 0 Å². The van der Waals surface area contributed by atoms with Gasteiger partial charge in [-0.2, -0.15) is 18.3 Å². The summed E-state index contributed by atoms with van der Waals surface area (Å²) in [6, 6.07) is 4.05. The van der Waals surface area contributed by atoms with E-state index in [9.17, 15) is 32.7 Å². The number of carbonyl (C=O) groups is 3. The topological polar surface area (TPSA) is 144 Å². The van der Waals surface area contributed by atoms with Crippen molar-refractivity contribution in [2.45, 2.75) is 43.6 Å². The van der Waals surface area contributed by atoms with Crippen LogP contribution in [0.3, 0.4) is 0 Å². The molecule has 1 aromatic carbocycles. The van der Waals surface area contributed by atoms with Crippen molar-refractivity contribution in [3.8, 4) is 0 Å². The highest BCUT2D eigenvalue weighted by Crippen LogP contribution is 2.32. The summed E-state index contributed by atoms with van der Waals surface area (Å²) in [6.45, 7) is 0. The monoisotopic (exact) mass is 440 g/mol. The first-order chi connectivity index (χ1) is 14.6. The van der Waals surface area contributed by atoms with Crippen LogP contribution in [0.4, 0.5) is 13.2 Å². The smallest absolute Gasteiger partial charge is 0.416 e. The Balaban J connectivity index is 1.77. The number of rotatable bonds is 8. The van der Waals surface area contributed by atoms with Gasteiger partial charge in [-0.3, -0.25) is 14.7 Å². The Kier molecular flexibility index (Phi) is 6.29. The fourth-order valence-corrected chi connectivity index (χ4v) is 2.91. The number of carbonyl (C=O) groups excluding carboxylic acids is 2. The molecule has 0 aliphatic heterocycles. The van der Waals surface area contributed by atoms with E-state index < -0.39 is 48.1 Å². The summed E-state index contributed by atoms with van der Waals surface area (Å²) in [5.74, 6) is -3.16.